The van der Waals surface area contributed by atoms with E-state index in [0.717, 1.165) is 63.0 Å². The zero-order chi connectivity index (χ0) is 38.6. The number of halogens is 2. The van der Waals surface area contributed by atoms with Crippen LogP contribution in [0.4, 0.5) is 0 Å². The molecule has 8 fully saturated rings. The van der Waals surface area contributed by atoms with E-state index in [1.54, 1.807) is 12.4 Å². The van der Waals surface area contributed by atoms with E-state index < -0.39 is 11.8 Å². The molecule has 58 heavy (non-hydrogen) atoms. The van der Waals surface area contributed by atoms with E-state index in [1.165, 1.54) is 64.2 Å². The summed E-state index contributed by atoms with van der Waals surface area (Å²) in [5, 5.41) is 0. The summed E-state index contributed by atoms with van der Waals surface area (Å²) in [7, 11) is 3.67. The Hall–Kier alpha value is -2.42. The molecule has 8 heterocycles. The molecule has 320 valence electrons. The van der Waals surface area contributed by atoms with Gasteiger partial charge in [0.05, 0.1) is 24.4 Å². The number of nitrogens with zero attached hydrogens (tertiary/aromatic N) is 4. The van der Waals surface area contributed by atoms with Gasteiger partial charge in [0.25, 0.3) is 11.8 Å². The molecular formula is C44H64Cl2N6O6. The summed E-state index contributed by atoms with van der Waals surface area (Å²) in [6, 6.07) is 9.05. The Balaban J connectivity index is 0.000000171. The predicted molar refractivity (Wildman–Crippen MR) is 224 cm³/mol. The van der Waals surface area contributed by atoms with Gasteiger partial charge in [0.1, 0.15) is 22.6 Å². The van der Waals surface area contributed by atoms with Crippen molar-refractivity contribution in [3.8, 4) is 0 Å². The molecule has 6 saturated heterocycles. The van der Waals surface area contributed by atoms with Crippen LogP contribution in [0.1, 0.15) is 122 Å². The fourth-order valence-corrected chi connectivity index (χ4v) is 13.2. The second-order valence-electron chi connectivity index (χ2n) is 18.3. The summed E-state index contributed by atoms with van der Waals surface area (Å²) in [6.45, 7) is 4.23. The van der Waals surface area contributed by atoms with Gasteiger partial charge in [-0.2, -0.15) is 0 Å². The van der Waals surface area contributed by atoms with Crippen LogP contribution >= 0.6 is 24.8 Å². The van der Waals surface area contributed by atoms with Crippen molar-refractivity contribution in [3.05, 3.63) is 59.2 Å². The topological polar surface area (TPSA) is 155 Å². The maximum Gasteiger partial charge on any atom is 0.267 e. The van der Waals surface area contributed by atoms with Crippen LogP contribution in [0.5, 0.6) is 0 Å². The maximum atomic E-state index is 11.7. The van der Waals surface area contributed by atoms with Crippen molar-refractivity contribution >= 4 is 36.6 Å². The molecule has 4 N–H and O–H groups in total. The van der Waals surface area contributed by atoms with Crippen molar-refractivity contribution < 1.29 is 28.5 Å². The zero-order valence-electron chi connectivity index (χ0n) is 34.2. The number of primary amides is 2. The lowest BCUT2D eigenvalue weighted by Gasteiger charge is -2.57. The average molecular weight is 844 g/mol. The Kier molecular flexibility index (Phi) is 13.5. The largest absolute Gasteiger partial charge is 0.375 e. The second-order valence-corrected chi connectivity index (χ2v) is 18.3. The lowest BCUT2D eigenvalue weighted by atomic mass is 9.62. The molecule has 0 aromatic carbocycles. The van der Waals surface area contributed by atoms with Crippen LogP contribution in [0.15, 0.2) is 36.7 Å². The molecule has 2 aromatic rings. The predicted octanol–water partition coefficient (Wildman–Crippen LogP) is 5.77. The molecule has 2 amide bonds. The zero-order valence-corrected chi connectivity index (χ0v) is 35.8. The molecule has 6 aliphatic heterocycles. The van der Waals surface area contributed by atoms with Crippen molar-refractivity contribution in [2.24, 2.45) is 35.1 Å². The van der Waals surface area contributed by atoms with Gasteiger partial charge in [0.2, 0.25) is 0 Å². The van der Waals surface area contributed by atoms with Crippen molar-refractivity contribution in [2.75, 3.05) is 40.4 Å². The number of nitrogens with two attached hydrogens (primary N) is 2. The van der Waals surface area contributed by atoms with E-state index in [2.05, 4.69) is 19.8 Å². The molecule has 2 aromatic heterocycles. The summed E-state index contributed by atoms with van der Waals surface area (Å²) in [5.74, 6) is 0.742. The van der Waals surface area contributed by atoms with E-state index >= 15 is 0 Å². The number of ether oxygens (including phenoxy) is 4. The lowest BCUT2D eigenvalue weighted by molar-refractivity contribution is -0.180. The molecule has 8 aliphatic rings. The Labute approximate surface area is 356 Å². The van der Waals surface area contributed by atoms with Crippen LogP contribution in [0, 0.1) is 23.7 Å². The highest BCUT2D eigenvalue weighted by atomic mass is 35.5. The number of piperidine rings is 2. The number of fused-ring (bicyclic) bond motifs is 8. The van der Waals surface area contributed by atoms with Gasteiger partial charge in [-0.05, 0) is 112 Å². The molecule has 0 spiro atoms. The number of amides is 2. The van der Waals surface area contributed by atoms with Crippen LogP contribution in [0.25, 0.3) is 0 Å². The third kappa shape index (κ3) is 7.83. The monoisotopic (exact) mass is 842 g/mol. The number of aromatic nitrogens is 2. The summed E-state index contributed by atoms with van der Waals surface area (Å²) in [4.78, 5) is 37.2. The number of methoxy groups -OCH3 is 2. The van der Waals surface area contributed by atoms with Crippen molar-refractivity contribution in [3.63, 3.8) is 0 Å². The number of pyridine rings is 2. The summed E-state index contributed by atoms with van der Waals surface area (Å²) in [6.07, 6.45) is 22.1. The number of carbonyl (C=O) groups is 2. The normalized spacial score (nSPS) is 39.0. The summed E-state index contributed by atoms with van der Waals surface area (Å²) in [5.41, 5.74) is 13.1. The molecule has 0 radical (unpaired) electrons. The second kappa shape index (κ2) is 17.9. The Bertz CT molecular complexity index is 1590. The minimum absolute atomic E-state index is 0. The maximum absolute atomic E-state index is 11.7. The van der Waals surface area contributed by atoms with Gasteiger partial charge in [0.15, 0.2) is 0 Å². The molecule has 10 rings (SSSR count). The third-order valence-corrected chi connectivity index (χ3v) is 15.6. The van der Waals surface area contributed by atoms with Crippen LogP contribution < -0.4 is 11.5 Å². The fraction of sp³-hybridized carbons (Fsp3) is 0.727. The van der Waals surface area contributed by atoms with Crippen molar-refractivity contribution in [1.82, 2.24) is 19.8 Å². The number of carbonyl (C=O) groups excluding carboxylic acids is 2. The molecule has 2 aliphatic carbocycles. The molecule has 8 bridgehead atoms. The Morgan fingerprint density at radius 3 is 1.22 bits per heavy atom. The third-order valence-electron chi connectivity index (χ3n) is 15.6. The SMILES string of the molecule is COC1(c2ccnc(C(N)=O)c2)C2CCCC1CN(C1CC3CCC(C1)O3)C2.COC1(c2ccnc(C(N)=O)c2)C2CCCC1CN(C1CC3CCC(C1)O3)C2.Cl.Cl. The summed E-state index contributed by atoms with van der Waals surface area (Å²) >= 11 is 0. The van der Waals surface area contributed by atoms with Crippen LogP contribution in [0.2, 0.25) is 0 Å². The highest BCUT2D eigenvalue weighted by Gasteiger charge is 2.56. The van der Waals surface area contributed by atoms with Gasteiger partial charge in [-0.15, -0.1) is 24.8 Å². The van der Waals surface area contributed by atoms with E-state index in [4.69, 9.17) is 30.4 Å². The quantitative estimate of drug-likeness (QED) is 0.335. The van der Waals surface area contributed by atoms with E-state index in [0.29, 0.717) is 71.6 Å². The van der Waals surface area contributed by atoms with Crippen LogP contribution in [0.3, 0.4) is 0 Å². The van der Waals surface area contributed by atoms with Gasteiger partial charge >= 0.3 is 0 Å². The molecule has 8 unspecified atom stereocenters. The van der Waals surface area contributed by atoms with E-state index in [-0.39, 0.29) is 36.0 Å². The van der Waals surface area contributed by atoms with Crippen LogP contribution in [-0.2, 0) is 30.1 Å². The number of hydrogen-bond acceptors (Lipinski definition) is 10. The number of likely N-dealkylation sites (tertiary alicyclic amines) is 2. The highest BCUT2D eigenvalue weighted by molar-refractivity contribution is 5.91. The standard InChI is InChI=1S/2C22H31N3O3.2ClH/c2*1-27-22(14-7-8-24-20(9-14)21(23)26)15-3-2-4-16(22)13-25(12-15)17-10-18-5-6-19(11-17)28-18;;/h2*7-9,15-19H,2-6,10-13H2,1H3,(H2,23,26);2*1H. The van der Waals surface area contributed by atoms with Gasteiger partial charge < -0.3 is 30.4 Å². The first kappa shape index (κ1) is 43.7. The van der Waals surface area contributed by atoms with Gasteiger partial charge in [0, 0.05) is 88.5 Å². The minimum atomic E-state index is -0.478. The van der Waals surface area contributed by atoms with Gasteiger partial charge in [-0.1, -0.05) is 12.8 Å². The average Bonchev–Trinajstić information content (AvgIpc) is 3.73. The molecule has 8 atom stereocenters. The van der Waals surface area contributed by atoms with Crippen LogP contribution in [-0.4, -0.2) is 108 Å². The highest BCUT2D eigenvalue weighted by Crippen LogP contribution is 2.54. The van der Waals surface area contributed by atoms with Gasteiger partial charge in [-0.3, -0.25) is 29.4 Å². The first-order valence-electron chi connectivity index (χ1n) is 21.6. The first-order chi connectivity index (χ1) is 27.2. The van der Waals surface area contributed by atoms with Gasteiger partial charge in [-0.25, -0.2) is 0 Å². The van der Waals surface area contributed by atoms with Crippen molar-refractivity contribution in [2.45, 2.75) is 138 Å². The van der Waals surface area contributed by atoms with E-state index in [1.807, 2.05) is 38.5 Å². The summed E-state index contributed by atoms with van der Waals surface area (Å²) < 4.78 is 24.8. The lowest BCUT2D eigenvalue weighted by Crippen LogP contribution is -2.61. The molecular weight excluding hydrogens is 779 g/mol. The minimum Gasteiger partial charge on any atom is -0.375 e. The molecule has 12 nitrogen and oxygen atoms in total. The van der Waals surface area contributed by atoms with E-state index in [9.17, 15) is 9.59 Å². The Morgan fingerprint density at radius 1 is 0.603 bits per heavy atom. The smallest absolute Gasteiger partial charge is 0.267 e. The number of rotatable bonds is 8. The number of hydrogen-bond donors (Lipinski definition) is 2. The first-order valence-corrected chi connectivity index (χ1v) is 21.6. The molecule has 2 saturated carbocycles. The fourth-order valence-electron chi connectivity index (χ4n) is 13.2. The molecule has 14 heteroatoms. The van der Waals surface area contributed by atoms with Crippen molar-refractivity contribution in [1.29, 1.82) is 0 Å². The Morgan fingerprint density at radius 2 is 0.931 bits per heavy atom.